The first-order chi connectivity index (χ1) is 11.9. The average molecular weight is 359 g/mol. The van der Waals surface area contributed by atoms with Gasteiger partial charge < -0.3 is 9.88 Å². The summed E-state index contributed by atoms with van der Waals surface area (Å²) in [6, 6.07) is 5.63. The molecule has 25 heavy (non-hydrogen) atoms. The minimum atomic E-state index is -0.530. The monoisotopic (exact) mass is 359 g/mol. The lowest BCUT2D eigenvalue weighted by Crippen LogP contribution is -2.35. The zero-order valence-electron chi connectivity index (χ0n) is 14.5. The van der Waals surface area contributed by atoms with Gasteiger partial charge in [-0.25, -0.2) is 4.79 Å². The van der Waals surface area contributed by atoms with Gasteiger partial charge in [-0.15, -0.1) is 10.2 Å². The minimum Gasteiger partial charge on any atom is -0.307 e. The third kappa shape index (κ3) is 4.39. The zero-order valence-corrected chi connectivity index (χ0v) is 15.3. The van der Waals surface area contributed by atoms with E-state index in [2.05, 4.69) is 25.4 Å². The Morgan fingerprint density at radius 2 is 2.00 bits per heavy atom. The fourth-order valence-corrected chi connectivity index (χ4v) is 3.45. The number of amides is 3. The molecule has 0 radical (unpaired) electrons. The number of carbonyl (C=O) groups is 2. The molecule has 1 saturated carbocycles. The van der Waals surface area contributed by atoms with Gasteiger partial charge in [0.1, 0.15) is 5.82 Å². The highest BCUT2D eigenvalue weighted by Crippen LogP contribution is 2.38. The standard InChI is InChI=1S/C17H21N5O2S/c1-10-4-7-14(11(2)8-10)18-16(24)19-15(23)9-25-17-21-20-12(3)22(17)13-5-6-13/h4,7-8,13H,5-6,9H2,1-3H3,(H2,18,19,23,24). The molecule has 2 N–H and O–H groups in total. The molecule has 0 bridgehead atoms. The largest absolute Gasteiger partial charge is 0.325 e. The van der Waals surface area contributed by atoms with E-state index >= 15 is 0 Å². The molecular formula is C17H21N5O2S. The summed E-state index contributed by atoms with van der Waals surface area (Å²) in [6.07, 6.45) is 2.24. The lowest BCUT2D eigenvalue weighted by Gasteiger charge is -2.10. The molecule has 0 spiro atoms. The summed E-state index contributed by atoms with van der Waals surface area (Å²) in [7, 11) is 0. The van der Waals surface area contributed by atoms with Crippen molar-refractivity contribution in [2.75, 3.05) is 11.1 Å². The third-order valence-corrected chi connectivity index (χ3v) is 4.91. The van der Waals surface area contributed by atoms with Gasteiger partial charge in [0.05, 0.1) is 5.75 Å². The molecule has 3 rings (SSSR count). The fourth-order valence-electron chi connectivity index (χ4n) is 2.60. The zero-order chi connectivity index (χ0) is 18.0. The summed E-state index contributed by atoms with van der Waals surface area (Å²) in [5.74, 6) is 0.610. The van der Waals surface area contributed by atoms with Crippen LogP contribution in [0.4, 0.5) is 10.5 Å². The molecule has 0 saturated heterocycles. The topological polar surface area (TPSA) is 88.9 Å². The molecule has 0 atom stereocenters. The molecule has 2 aromatic rings. The van der Waals surface area contributed by atoms with E-state index in [0.717, 1.165) is 34.9 Å². The van der Waals surface area contributed by atoms with Crippen molar-refractivity contribution in [1.29, 1.82) is 0 Å². The van der Waals surface area contributed by atoms with Crippen molar-refractivity contribution in [1.82, 2.24) is 20.1 Å². The number of nitrogens with one attached hydrogen (secondary N) is 2. The fraction of sp³-hybridized carbons (Fsp3) is 0.412. The Hall–Kier alpha value is -2.35. The highest BCUT2D eigenvalue weighted by Gasteiger charge is 2.28. The van der Waals surface area contributed by atoms with Gasteiger partial charge in [-0.3, -0.25) is 10.1 Å². The molecule has 0 unspecified atom stereocenters. The first-order valence-corrected chi connectivity index (χ1v) is 9.15. The van der Waals surface area contributed by atoms with Crippen LogP contribution >= 0.6 is 11.8 Å². The molecular weight excluding hydrogens is 338 g/mol. The number of nitrogens with zero attached hydrogens (tertiary/aromatic N) is 3. The number of aryl methyl sites for hydroxylation is 3. The van der Waals surface area contributed by atoms with Gasteiger partial charge in [-0.1, -0.05) is 29.5 Å². The molecule has 1 heterocycles. The van der Waals surface area contributed by atoms with Crippen LogP contribution in [0.15, 0.2) is 23.4 Å². The van der Waals surface area contributed by atoms with Gasteiger partial charge in [-0.05, 0) is 45.2 Å². The van der Waals surface area contributed by atoms with Crippen LogP contribution in [0.2, 0.25) is 0 Å². The Morgan fingerprint density at radius 3 is 2.68 bits per heavy atom. The molecule has 132 valence electrons. The lowest BCUT2D eigenvalue weighted by molar-refractivity contribution is -0.117. The molecule has 0 aliphatic heterocycles. The number of hydrogen-bond donors (Lipinski definition) is 2. The average Bonchev–Trinajstić information content (AvgIpc) is 3.31. The number of rotatable bonds is 5. The van der Waals surface area contributed by atoms with E-state index in [9.17, 15) is 9.59 Å². The Labute approximate surface area is 150 Å². The van der Waals surface area contributed by atoms with Gasteiger partial charge in [0, 0.05) is 11.7 Å². The van der Waals surface area contributed by atoms with Gasteiger partial charge in [-0.2, -0.15) is 0 Å². The van der Waals surface area contributed by atoms with Gasteiger partial charge in [0.2, 0.25) is 5.91 Å². The second kappa shape index (κ2) is 7.26. The van der Waals surface area contributed by atoms with Crippen LogP contribution < -0.4 is 10.6 Å². The maximum atomic E-state index is 12.0. The lowest BCUT2D eigenvalue weighted by atomic mass is 10.1. The van der Waals surface area contributed by atoms with Crippen molar-refractivity contribution in [2.45, 2.75) is 44.8 Å². The Bertz CT molecular complexity index is 813. The Kier molecular flexibility index (Phi) is 5.08. The second-order valence-electron chi connectivity index (χ2n) is 6.24. The molecule has 1 aliphatic rings. The number of hydrogen-bond acceptors (Lipinski definition) is 5. The predicted octanol–water partition coefficient (Wildman–Crippen LogP) is 2.98. The van der Waals surface area contributed by atoms with Gasteiger partial charge in [0.15, 0.2) is 5.16 Å². The number of benzene rings is 1. The minimum absolute atomic E-state index is 0.116. The van der Waals surface area contributed by atoms with Gasteiger partial charge in [0.25, 0.3) is 0 Å². The van der Waals surface area contributed by atoms with E-state index in [1.54, 1.807) is 0 Å². The smallest absolute Gasteiger partial charge is 0.307 e. The summed E-state index contributed by atoms with van der Waals surface area (Å²) < 4.78 is 2.06. The highest BCUT2D eigenvalue weighted by molar-refractivity contribution is 7.99. The van der Waals surface area contributed by atoms with Crippen LogP contribution in [0.25, 0.3) is 0 Å². The summed E-state index contributed by atoms with van der Waals surface area (Å²) in [4.78, 5) is 24.0. The van der Waals surface area contributed by atoms with Crippen molar-refractivity contribution < 1.29 is 9.59 Å². The first kappa shape index (κ1) is 17.5. The number of imide groups is 1. The predicted molar refractivity (Wildman–Crippen MR) is 96.8 cm³/mol. The van der Waals surface area contributed by atoms with Crippen molar-refractivity contribution >= 4 is 29.4 Å². The molecule has 1 aromatic heterocycles. The molecule has 1 fully saturated rings. The number of carbonyl (C=O) groups excluding carboxylic acids is 2. The van der Waals surface area contributed by atoms with E-state index in [1.807, 2.05) is 39.0 Å². The summed E-state index contributed by atoms with van der Waals surface area (Å²) in [6.45, 7) is 5.81. The third-order valence-electron chi connectivity index (χ3n) is 3.96. The summed E-state index contributed by atoms with van der Waals surface area (Å²) >= 11 is 1.30. The Morgan fingerprint density at radius 1 is 1.24 bits per heavy atom. The van der Waals surface area contributed by atoms with Crippen molar-refractivity contribution in [3.05, 3.63) is 35.2 Å². The molecule has 7 nitrogen and oxygen atoms in total. The molecule has 1 aliphatic carbocycles. The maximum absolute atomic E-state index is 12.0. The maximum Gasteiger partial charge on any atom is 0.325 e. The summed E-state index contributed by atoms with van der Waals surface area (Å²) in [5.41, 5.74) is 2.75. The van der Waals surface area contributed by atoms with E-state index < -0.39 is 6.03 Å². The second-order valence-corrected chi connectivity index (χ2v) is 7.18. The quantitative estimate of drug-likeness (QED) is 0.801. The molecule has 8 heteroatoms. The van der Waals surface area contributed by atoms with Crippen LogP contribution in [-0.2, 0) is 4.79 Å². The van der Waals surface area contributed by atoms with Crippen LogP contribution in [0, 0.1) is 20.8 Å². The molecule has 3 amide bonds. The normalized spacial score (nSPS) is 13.6. The van der Waals surface area contributed by atoms with Crippen LogP contribution in [0.5, 0.6) is 0 Å². The number of thioether (sulfide) groups is 1. The summed E-state index contributed by atoms with van der Waals surface area (Å²) in [5, 5.41) is 13.9. The van der Waals surface area contributed by atoms with Crippen molar-refractivity contribution in [2.24, 2.45) is 0 Å². The van der Waals surface area contributed by atoms with E-state index in [0.29, 0.717) is 11.7 Å². The first-order valence-electron chi connectivity index (χ1n) is 8.16. The number of urea groups is 1. The van der Waals surface area contributed by atoms with Crippen LogP contribution in [0.1, 0.15) is 35.8 Å². The Balaban J connectivity index is 1.51. The van der Waals surface area contributed by atoms with Gasteiger partial charge >= 0.3 is 6.03 Å². The molecule has 1 aromatic carbocycles. The number of aromatic nitrogens is 3. The van der Waals surface area contributed by atoms with Crippen molar-refractivity contribution in [3.63, 3.8) is 0 Å². The number of anilines is 1. The van der Waals surface area contributed by atoms with Crippen LogP contribution in [-0.4, -0.2) is 32.5 Å². The van der Waals surface area contributed by atoms with Crippen LogP contribution in [0.3, 0.4) is 0 Å². The highest BCUT2D eigenvalue weighted by atomic mass is 32.2. The van der Waals surface area contributed by atoms with E-state index in [1.165, 1.54) is 11.8 Å². The SMILES string of the molecule is Cc1ccc(NC(=O)NC(=O)CSc2nnc(C)n2C2CC2)c(C)c1. The van der Waals surface area contributed by atoms with E-state index in [4.69, 9.17) is 0 Å². The van der Waals surface area contributed by atoms with E-state index in [-0.39, 0.29) is 11.7 Å². The van der Waals surface area contributed by atoms with Crippen molar-refractivity contribution in [3.8, 4) is 0 Å².